The highest BCUT2D eigenvalue weighted by Gasteiger charge is 2.09. The minimum atomic E-state index is -1.01. The number of alkyl halides is 1. The highest BCUT2D eigenvalue weighted by Crippen LogP contribution is 2.08. The second kappa shape index (κ2) is 5.94. The van der Waals surface area contributed by atoms with E-state index >= 15 is 0 Å². The molecule has 0 heterocycles. The Hall–Kier alpha value is -0.970. The number of halogens is 3. The van der Waals surface area contributed by atoms with Crippen LogP contribution in [-0.2, 0) is 0 Å². The van der Waals surface area contributed by atoms with E-state index in [1.54, 1.807) is 0 Å². The fourth-order valence-corrected chi connectivity index (χ4v) is 1.35. The topological polar surface area (TPSA) is 29.1 Å². The van der Waals surface area contributed by atoms with Crippen molar-refractivity contribution in [3.05, 3.63) is 35.4 Å². The molecule has 1 unspecified atom stereocenters. The number of rotatable bonds is 4. The lowest BCUT2D eigenvalue weighted by Gasteiger charge is -2.06. The van der Waals surface area contributed by atoms with Crippen LogP contribution in [0.2, 0.25) is 0 Å². The van der Waals surface area contributed by atoms with Gasteiger partial charge in [-0.2, -0.15) is 0 Å². The Labute approximate surface area is 101 Å². The van der Waals surface area contributed by atoms with E-state index in [2.05, 4.69) is 21.2 Å². The molecule has 0 saturated heterocycles. The maximum atomic E-state index is 12.8. The van der Waals surface area contributed by atoms with E-state index in [0.29, 0.717) is 11.4 Å². The maximum absolute atomic E-state index is 12.8. The normalized spacial score (nSPS) is 12.2. The number of hydrogen-bond donors (Lipinski definition) is 1. The number of amides is 1. The smallest absolute Gasteiger partial charge is 0.251 e. The van der Waals surface area contributed by atoms with Crippen LogP contribution >= 0.6 is 15.9 Å². The highest BCUT2D eigenvalue weighted by atomic mass is 79.9. The second-order valence-electron chi connectivity index (χ2n) is 3.45. The fourth-order valence-electron chi connectivity index (χ4n) is 1.12. The van der Waals surface area contributed by atoms with Crippen molar-refractivity contribution in [2.75, 3.05) is 6.54 Å². The van der Waals surface area contributed by atoms with Gasteiger partial charge in [-0.15, -0.1) is 0 Å². The zero-order valence-corrected chi connectivity index (χ0v) is 10.4. The summed E-state index contributed by atoms with van der Waals surface area (Å²) in [5.41, 5.74) is 0.126. The van der Waals surface area contributed by atoms with Crippen molar-refractivity contribution in [3.8, 4) is 0 Å². The van der Waals surface area contributed by atoms with Crippen molar-refractivity contribution in [1.29, 1.82) is 0 Å². The van der Waals surface area contributed by atoms with Gasteiger partial charge < -0.3 is 5.32 Å². The van der Waals surface area contributed by atoms with Gasteiger partial charge in [-0.1, -0.05) is 22.9 Å². The largest absolute Gasteiger partial charge is 0.352 e. The molecule has 0 spiro atoms. The van der Waals surface area contributed by atoms with Gasteiger partial charge in [0.05, 0.1) is 0 Å². The van der Waals surface area contributed by atoms with Gasteiger partial charge in [0.1, 0.15) is 0 Å². The van der Waals surface area contributed by atoms with E-state index in [1.165, 1.54) is 6.07 Å². The van der Waals surface area contributed by atoms with E-state index in [1.807, 2.05) is 6.92 Å². The summed E-state index contributed by atoms with van der Waals surface area (Å²) in [5.74, 6) is -2.36. The standard InChI is InChI=1S/C11H12BrF2NO/c1-7(12)4-5-15-11(16)8-2-3-9(13)10(14)6-8/h2-3,6-7H,4-5H2,1H3,(H,15,16). The molecule has 5 heteroatoms. The minimum absolute atomic E-state index is 0.126. The van der Waals surface area contributed by atoms with Crippen LogP contribution in [0, 0.1) is 11.6 Å². The molecule has 0 aliphatic carbocycles. The summed E-state index contributed by atoms with van der Waals surface area (Å²) in [6.07, 6.45) is 0.773. The zero-order valence-electron chi connectivity index (χ0n) is 8.77. The van der Waals surface area contributed by atoms with Crippen LogP contribution in [0.4, 0.5) is 8.78 Å². The summed E-state index contributed by atoms with van der Waals surface area (Å²) in [6, 6.07) is 3.09. The molecule has 0 aliphatic rings. The fraction of sp³-hybridized carbons (Fsp3) is 0.364. The molecule has 0 aromatic heterocycles. The molecule has 0 saturated carbocycles. The SMILES string of the molecule is CC(Br)CCNC(=O)c1ccc(F)c(F)c1. The van der Waals surface area contributed by atoms with Crippen LogP contribution in [0.1, 0.15) is 23.7 Å². The Balaban J connectivity index is 2.56. The first-order chi connectivity index (χ1) is 7.50. The van der Waals surface area contributed by atoms with Crippen molar-refractivity contribution < 1.29 is 13.6 Å². The summed E-state index contributed by atoms with van der Waals surface area (Å²) < 4.78 is 25.4. The van der Waals surface area contributed by atoms with Crippen LogP contribution in [0.25, 0.3) is 0 Å². The molecule has 1 atom stereocenters. The number of carbonyl (C=O) groups excluding carboxylic acids is 1. The number of benzene rings is 1. The van der Waals surface area contributed by atoms with E-state index in [0.717, 1.165) is 18.6 Å². The molecular weight excluding hydrogens is 280 g/mol. The van der Waals surface area contributed by atoms with Crippen molar-refractivity contribution in [1.82, 2.24) is 5.32 Å². The minimum Gasteiger partial charge on any atom is -0.352 e. The first-order valence-corrected chi connectivity index (χ1v) is 5.79. The van der Waals surface area contributed by atoms with Gasteiger partial charge in [0.25, 0.3) is 5.91 Å². The summed E-state index contributed by atoms with van der Waals surface area (Å²) >= 11 is 3.34. The molecule has 1 rings (SSSR count). The van der Waals surface area contributed by atoms with Gasteiger partial charge >= 0.3 is 0 Å². The van der Waals surface area contributed by atoms with Crippen LogP contribution in [-0.4, -0.2) is 17.3 Å². The molecule has 1 N–H and O–H groups in total. The van der Waals surface area contributed by atoms with Crippen molar-refractivity contribution in [3.63, 3.8) is 0 Å². The van der Waals surface area contributed by atoms with Crippen molar-refractivity contribution in [2.24, 2.45) is 0 Å². The van der Waals surface area contributed by atoms with Crippen LogP contribution < -0.4 is 5.32 Å². The Morgan fingerprint density at radius 2 is 2.12 bits per heavy atom. The van der Waals surface area contributed by atoms with Crippen LogP contribution in [0.5, 0.6) is 0 Å². The third kappa shape index (κ3) is 3.89. The maximum Gasteiger partial charge on any atom is 0.251 e. The van der Waals surface area contributed by atoms with Gasteiger partial charge in [0.15, 0.2) is 11.6 Å². The monoisotopic (exact) mass is 291 g/mol. The molecule has 1 aromatic carbocycles. The average molecular weight is 292 g/mol. The Bertz CT molecular complexity index is 382. The first kappa shape index (κ1) is 13.1. The molecule has 0 aliphatic heterocycles. The summed E-state index contributed by atoms with van der Waals surface area (Å²) in [7, 11) is 0. The molecule has 0 fully saturated rings. The van der Waals surface area contributed by atoms with Gasteiger partial charge in [0, 0.05) is 16.9 Å². The highest BCUT2D eigenvalue weighted by molar-refractivity contribution is 9.09. The van der Waals surface area contributed by atoms with Crippen LogP contribution in [0.3, 0.4) is 0 Å². The van der Waals surface area contributed by atoms with Gasteiger partial charge in [-0.3, -0.25) is 4.79 Å². The summed E-state index contributed by atoms with van der Waals surface area (Å²) in [4.78, 5) is 11.8. The van der Waals surface area contributed by atoms with E-state index in [9.17, 15) is 13.6 Å². The van der Waals surface area contributed by atoms with Crippen LogP contribution in [0.15, 0.2) is 18.2 Å². The van der Waals surface area contributed by atoms with E-state index < -0.39 is 17.5 Å². The predicted molar refractivity (Wildman–Crippen MR) is 61.7 cm³/mol. The van der Waals surface area contributed by atoms with Crippen molar-refractivity contribution in [2.45, 2.75) is 18.2 Å². The molecule has 1 aromatic rings. The predicted octanol–water partition coefficient (Wildman–Crippen LogP) is 2.87. The zero-order chi connectivity index (χ0) is 12.1. The molecule has 0 radical (unpaired) electrons. The third-order valence-corrected chi connectivity index (χ3v) is 2.47. The molecule has 88 valence electrons. The lowest BCUT2D eigenvalue weighted by molar-refractivity contribution is 0.0953. The molecule has 0 bridgehead atoms. The molecule has 1 amide bonds. The Kier molecular flexibility index (Phi) is 4.86. The lowest BCUT2D eigenvalue weighted by atomic mass is 10.2. The number of hydrogen-bond acceptors (Lipinski definition) is 1. The third-order valence-electron chi connectivity index (χ3n) is 2.01. The summed E-state index contributed by atoms with van der Waals surface area (Å²) in [6.45, 7) is 2.45. The quantitative estimate of drug-likeness (QED) is 0.849. The van der Waals surface area contributed by atoms with E-state index in [4.69, 9.17) is 0 Å². The second-order valence-corrected chi connectivity index (χ2v) is 5.02. The lowest BCUT2D eigenvalue weighted by Crippen LogP contribution is -2.25. The molecule has 16 heavy (non-hydrogen) atoms. The van der Waals surface area contributed by atoms with Gasteiger partial charge in [0.2, 0.25) is 0 Å². The Morgan fingerprint density at radius 1 is 1.44 bits per heavy atom. The average Bonchev–Trinajstić information content (AvgIpc) is 2.21. The first-order valence-electron chi connectivity index (χ1n) is 4.88. The number of nitrogens with one attached hydrogen (secondary N) is 1. The van der Waals surface area contributed by atoms with Crippen molar-refractivity contribution >= 4 is 21.8 Å². The molecular formula is C11H12BrF2NO. The summed E-state index contributed by atoms with van der Waals surface area (Å²) in [5, 5.41) is 2.62. The van der Waals surface area contributed by atoms with Gasteiger partial charge in [-0.05, 0) is 24.6 Å². The Morgan fingerprint density at radius 3 is 2.69 bits per heavy atom. The van der Waals surface area contributed by atoms with E-state index in [-0.39, 0.29) is 5.56 Å². The number of carbonyl (C=O) groups is 1. The van der Waals surface area contributed by atoms with Gasteiger partial charge in [-0.25, -0.2) is 8.78 Å². The molecule has 2 nitrogen and oxygen atoms in total.